The third-order valence-electron chi connectivity index (χ3n) is 3.88. The van der Waals surface area contributed by atoms with Crippen LogP contribution in [0, 0.1) is 13.8 Å². The first-order valence-corrected chi connectivity index (χ1v) is 7.67. The molecule has 1 atom stereocenters. The Hall–Kier alpha value is -1.52. The normalized spacial score (nSPS) is 14.3. The fraction of sp³-hybridized carbons (Fsp3) is 0.294. The van der Waals surface area contributed by atoms with Gasteiger partial charge in [-0.05, 0) is 64.2 Å². The number of hydrogen-bond donors (Lipinski definition) is 1. The maximum Gasteiger partial charge on any atom is 0.231 e. The molecule has 0 aromatic heterocycles. The molecule has 2 aromatic carbocycles. The van der Waals surface area contributed by atoms with E-state index < -0.39 is 6.10 Å². The van der Waals surface area contributed by atoms with E-state index in [0.29, 0.717) is 17.9 Å². The molecule has 0 fully saturated rings. The molecule has 4 heteroatoms. The van der Waals surface area contributed by atoms with Gasteiger partial charge in [-0.3, -0.25) is 0 Å². The second-order valence-electron chi connectivity index (χ2n) is 5.33. The molecule has 1 N–H and O–H groups in total. The summed E-state index contributed by atoms with van der Waals surface area (Å²) in [7, 11) is 0. The van der Waals surface area contributed by atoms with Gasteiger partial charge in [0.15, 0.2) is 11.5 Å². The van der Waals surface area contributed by atoms with E-state index in [0.717, 1.165) is 10.0 Å². The maximum absolute atomic E-state index is 10.6. The Morgan fingerprint density at radius 1 is 1.19 bits per heavy atom. The van der Waals surface area contributed by atoms with E-state index in [1.165, 1.54) is 16.7 Å². The van der Waals surface area contributed by atoms with Crippen LogP contribution >= 0.6 is 15.9 Å². The van der Waals surface area contributed by atoms with Gasteiger partial charge < -0.3 is 14.6 Å². The van der Waals surface area contributed by atoms with Crippen molar-refractivity contribution in [2.45, 2.75) is 26.4 Å². The van der Waals surface area contributed by atoms with Gasteiger partial charge in [0.05, 0.1) is 10.6 Å². The zero-order chi connectivity index (χ0) is 15.0. The van der Waals surface area contributed by atoms with Crippen LogP contribution in [-0.2, 0) is 6.42 Å². The molecule has 0 bridgehead atoms. The van der Waals surface area contributed by atoms with Gasteiger partial charge in [-0.25, -0.2) is 0 Å². The van der Waals surface area contributed by atoms with Crippen LogP contribution in [0.3, 0.4) is 0 Å². The molecule has 0 saturated carbocycles. The molecule has 3 rings (SSSR count). The molecule has 21 heavy (non-hydrogen) atoms. The SMILES string of the molecule is Cc1cccc(C)c1CC(O)c1cc(Br)c2c(c1)OCO2. The Morgan fingerprint density at radius 2 is 1.90 bits per heavy atom. The third kappa shape index (κ3) is 2.78. The van der Waals surface area contributed by atoms with Crippen LogP contribution in [0.1, 0.15) is 28.4 Å². The first-order chi connectivity index (χ1) is 10.1. The Bertz CT molecular complexity index is 662. The number of aliphatic hydroxyl groups excluding tert-OH is 1. The molecule has 2 aromatic rings. The summed E-state index contributed by atoms with van der Waals surface area (Å²) in [6.07, 6.45) is 0.0144. The third-order valence-corrected chi connectivity index (χ3v) is 4.47. The summed E-state index contributed by atoms with van der Waals surface area (Å²) in [6, 6.07) is 9.93. The largest absolute Gasteiger partial charge is 0.454 e. The minimum Gasteiger partial charge on any atom is -0.454 e. The zero-order valence-corrected chi connectivity index (χ0v) is 13.6. The molecular weight excluding hydrogens is 332 g/mol. The lowest BCUT2D eigenvalue weighted by molar-refractivity contribution is 0.171. The molecule has 110 valence electrons. The van der Waals surface area contributed by atoms with Crippen molar-refractivity contribution in [2.75, 3.05) is 6.79 Å². The lowest BCUT2D eigenvalue weighted by atomic mass is 9.94. The zero-order valence-electron chi connectivity index (χ0n) is 12.0. The predicted molar refractivity (Wildman–Crippen MR) is 84.8 cm³/mol. The van der Waals surface area contributed by atoms with Crippen LogP contribution in [0.5, 0.6) is 11.5 Å². The lowest BCUT2D eigenvalue weighted by Gasteiger charge is -2.16. The van der Waals surface area contributed by atoms with Crippen molar-refractivity contribution in [2.24, 2.45) is 0 Å². The highest BCUT2D eigenvalue weighted by atomic mass is 79.9. The van der Waals surface area contributed by atoms with Crippen LogP contribution < -0.4 is 9.47 Å². The van der Waals surface area contributed by atoms with Crippen LogP contribution in [-0.4, -0.2) is 11.9 Å². The highest BCUT2D eigenvalue weighted by molar-refractivity contribution is 9.10. The molecule has 0 radical (unpaired) electrons. The topological polar surface area (TPSA) is 38.7 Å². The van der Waals surface area contributed by atoms with E-state index in [2.05, 4.69) is 41.9 Å². The summed E-state index contributed by atoms with van der Waals surface area (Å²) in [5.41, 5.74) is 4.43. The average molecular weight is 349 g/mol. The number of rotatable bonds is 3. The van der Waals surface area contributed by atoms with E-state index in [-0.39, 0.29) is 6.79 Å². The second kappa shape index (κ2) is 5.70. The van der Waals surface area contributed by atoms with E-state index in [9.17, 15) is 5.11 Å². The standard InChI is InChI=1S/C17H17BrO3/c1-10-4-3-5-11(2)13(10)8-15(19)12-6-14(18)17-16(7-12)20-9-21-17/h3-7,15,19H,8-9H2,1-2H3. The van der Waals surface area contributed by atoms with Crippen molar-refractivity contribution in [3.8, 4) is 11.5 Å². The molecule has 0 saturated heterocycles. The fourth-order valence-corrected chi connectivity index (χ4v) is 3.24. The summed E-state index contributed by atoms with van der Waals surface area (Å²) in [4.78, 5) is 0. The van der Waals surface area contributed by atoms with Crippen LogP contribution in [0.25, 0.3) is 0 Å². The van der Waals surface area contributed by atoms with Crippen molar-refractivity contribution < 1.29 is 14.6 Å². The van der Waals surface area contributed by atoms with Gasteiger partial charge in [-0.2, -0.15) is 0 Å². The van der Waals surface area contributed by atoms with Gasteiger partial charge in [0.1, 0.15) is 0 Å². The smallest absolute Gasteiger partial charge is 0.231 e. The fourth-order valence-electron chi connectivity index (χ4n) is 2.66. The van der Waals surface area contributed by atoms with Gasteiger partial charge >= 0.3 is 0 Å². The predicted octanol–water partition coefficient (Wildman–Crippen LogP) is 4.07. The number of hydrogen-bond acceptors (Lipinski definition) is 3. The van der Waals surface area contributed by atoms with Gasteiger partial charge in [-0.15, -0.1) is 0 Å². The van der Waals surface area contributed by atoms with Crippen LogP contribution in [0.15, 0.2) is 34.8 Å². The molecule has 1 unspecified atom stereocenters. The summed E-state index contributed by atoms with van der Waals surface area (Å²) in [6.45, 7) is 4.37. The summed E-state index contributed by atoms with van der Waals surface area (Å²) >= 11 is 3.46. The Labute approximate surface area is 132 Å². The monoisotopic (exact) mass is 348 g/mol. The Morgan fingerprint density at radius 3 is 2.62 bits per heavy atom. The van der Waals surface area contributed by atoms with Gasteiger partial charge in [0, 0.05) is 6.42 Å². The van der Waals surface area contributed by atoms with E-state index in [4.69, 9.17) is 9.47 Å². The van der Waals surface area contributed by atoms with E-state index in [1.54, 1.807) is 0 Å². The summed E-state index contributed by atoms with van der Waals surface area (Å²) in [5.74, 6) is 1.39. The molecule has 1 aliphatic rings. The minimum atomic E-state index is -0.574. The minimum absolute atomic E-state index is 0.227. The number of halogens is 1. The number of benzene rings is 2. The molecule has 3 nitrogen and oxygen atoms in total. The van der Waals surface area contributed by atoms with Gasteiger partial charge in [-0.1, -0.05) is 18.2 Å². The average Bonchev–Trinajstić information content (AvgIpc) is 2.91. The highest BCUT2D eigenvalue weighted by Gasteiger charge is 2.21. The number of ether oxygens (including phenoxy) is 2. The Kier molecular flexibility index (Phi) is 3.91. The van der Waals surface area contributed by atoms with Crippen molar-refractivity contribution in [3.63, 3.8) is 0 Å². The first-order valence-electron chi connectivity index (χ1n) is 6.88. The maximum atomic E-state index is 10.6. The van der Waals surface area contributed by atoms with Crippen LogP contribution in [0.4, 0.5) is 0 Å². The second-order valence-corrected chi connectivity index (χ2v) is 6.18. The van der Waals surface area contributed by atoms with Crippen molar-refractivity contribution >= 4 is 15.9 Å². The number of aliphatic hydroxyl groups is 1. The molecular formula is C17H17BrO3. The van der Waals surface area contributed by atoms with Gasteiger partial charge in [0.25, 0.3) is 0 Å². The first kappa shape index (κ1) is 14.4. The van der Waals surface area contributed by atoms with Crippen molar-refractivity contribution in [1.82, 2.24) is 0 Å². The van der Waals surface area contributed by atoms with Gasteiger partial charge in [0.2, 0.25) is 6.79 Å². The quantitative estimate of drug-likeness (QED) is 0.908. The molecule has 1 heterocycles. The molecule has 0 aliphatic carbocycles. The summed E-state index contributed by atoms with van der Waals surface area (Å²) < 4.78 is 11.6. The Balaban J connectivity index is 1.89. The highest BCUT2D eigenvalue weighted by Crippen LogP contribution is 2.41. The van der Waals surface area contributed by atoms with Crippen LogP contribution in [0.2, 0.25) is 0 Å². The van der Waals surface area contributed by atoms with Crippen molar-refractivity contribution in [3.05, 3.63) is 57.1 Å². The number of fused-ring (bicyclic) bond motifs is 1. The lowest BCUT2D eigenvalue weighted by Crippen LogP contribution is -2.05. The molecule has 0 amide bonds. The van der Waals surface area contributed by atoms with Crippen molar-refractivity contribution in [1.29, 1.82) is 0 Å². The van der Waals surface area contributed by atoms with E-state index in [1.807, 2.05) is 18.2 Å². The van der Waals surface area contributed by atoms with E-state index >= 15 is 0 Å². The summed E-state index contributed by atoms with van der Waals surface area (Å²) in [5, 5.41) is 10.6. The molecule has 0 spiro atoms. The number of aryl methyl sites for hydroxylation is 2. The molecule has 1 aliphatic heterocycles.